The molecule has 3 nitrogen and oxygen atoms in total. The molecule has 86 valence electrons. The first-order valence-corrected chi connectivity index (χ1v) is 7.66. The van der Waals surface area contributed by atoms with Crippen LogP contribution in [0.25, 0.3) is 0 Å². The average Bonchev–Trinajstić information content (AvgIpc) is 2.67. The van der Waals surface area contributed by atoms with Gasteiger partial charge >= 0.3 is 0 Å². The highest BCUT2D eigenvalue weighted by Gasteiger charge is 2.17. The van der Waals surface area contributed by atoms with E-state index in [1.807, 2.05) is 16.8 Å². The fourth-order valence-corrected chi connectivity index (χ4v) is 3.25. The molecule has 0 aliphatic rings. The molecule has 6 heteroatoms. The first kappa shape index (κ1) is 13.0. The molecule has 0 amide bonds. The zero-order chi connectivity index (χ0) is 11.3. The number of hydrogen-bond donors (Lipinski definition) is 0. The first-order chi connectivity index (χ1) is 7.06. The third kappa shape index (κ3) is 4.10. The van der Waals surface area contributed by atoms with Gasteiger partial charge in [-0.2, -0.15) is 11.3 Å². The largest absolute Gasteiger partial charge is 0.214 e. The smallest absolute Gasteiger partial charge is 0.212 e. The van der Waals surface area contributed by atoms with Crippen LogP contribution < -0.4 is 0 Å². The van der Waals surface area contributed by atoms with Crippen molar-refractivity contribution in [3.8, 4) is 0 Å². The van der Waals surface area contributed by atoms with Gasteiger partial charge in [-0.1, -0.05) is 0 Å². The number of thiophene rings is 1. The van der Waals surface area contributed by atoms with Gasteiger partial charge in [0.1, 0.15) is 0 Å². The van der Waals surface area contributed by atoms with Crippen LogP contribution >= 0.6 is 22.9 Å². The number of sulfonamides is 1. The Morgan fingerprint density at radius 2 is 2.27 bits per heavy atom. The maximum atomic E-state index is 11.7. The minimum atomic E-state index is -3.15. The maximum absolute atomic E-state index is 11.7. The van der Waals surface area contributed by atoms with Crippen LogP contribution in [-0.4, -0.2) is 31.4 Å². The van der Waals surface area contributed by atoms with E-state index in [0.29, 0.717) is 18.8 Å². The third-order valence-electron chi connectivity index (χ3n) is 2.00. The number of halogens is 1. The maximum Gasteiger partial charge on any atom is 0.214 e. The Labute approximate surface area is 99.7 Å². The fourth-order valence-electron chi connectivity index (χ4n) is 1.13. The summed E-state index contributed by atoms with van der Waals surface area (Å²) in [5.74, 6) is 0.503. The summed E-state index contributed by atoms with van der Waals surface area (Å²) in [6, 6.07) is 1.93. The number of nitrogens with zero attached hydrogens (tertiary/aromatic N) is 1. The van der Waals surface area contributed by atoms with E-state index in [2.05, 4.69) is 0 Å². The van der Waals surface area contributed by atoms with E-state index in [1.54, 1.807) is 18.4 Å². The van der Waals surface area contributed by atoms with Gasteiger partial charge in [-0.05, 0) is 28.8 Å². The fraction of sp³-hybridized carbons (Fsp3) is 0.556. The van der Waals surface area contributed by atoms with Crippen LogP contribution in [0.2, 0.25) is 0 Å². The van der Waals surface area contributed by atoms with Gasteiger partial charge in [0.05, 0.1) is 5.75 Å². The van der Waals surface area contributed by atoms with Crippen molar-refractivity contribution in [1.82, 2.24) is 4.31 Å². The van der Waals surface area contributed by atoms with Crippen LogP contribution in [0.15, 0.2) is 16.8 Å². The minimum Gasteiger partial charge on any atom is -0.212 e. The number of alkyl halides is 1. The van der Waals surface area contributed by atoms with Gasteiger partial charge in [-0.25, -0.2) is 12.7 Å². The average molecular weight is 268 g/mol. The second-order valence-electron chi connectivity index (χ2n) is 3.25. The highest BCUT2D eigenvalue weighted by atomic mass is 35.5. The molecule has 0 saturated carbocycles. The molecule has 1 aromatic heterocycles. The van der Waals surface area contributed by atoms with Crippen LogP contribution in [0.3, 0.4) is 0 Å². The summed E-state index contributed by atoms with van der Waals surface area (Å²) in [5, 5.41) is 3.89. The molecular formula is C9H14ClNO2S2. The number of rotatable bonds is 6. The lowest BCUT2D eigenvalue weighted by Gasteiger charge is -2.15. The summed E-state index contributed by atoms with van der Waals surface area (Å²) in [5.41, 5.74) is 1.02. The summed E-state index contributed by atoms with van der Waals surface area (Å²) in [6.07, 6.45) is 0.498. The summed E-state index contributed by atoms with van der Waals surface area (Å²) in [7, 11) is -1.55. The van der Waals surface area contributed by atoms with Gasteiger partial charge in [-0.3, -0.25) is 0 Å². The molecule has 0 radical (unpaired) electrons. The molecule has 1 heterocycles. The van der Waals surface area contributed by atoms with E-state index in [9.17, 15) is 8.42 Å². The van der Waals surface area contributed by atoms with E-state index >= 15 is 0 Å². The Hall–Kier alpha value is -0.100. The summed E-state index contributed by atoms with van der Waals surface area (Å²) in [6.45, 7) is 0.439. The molecule has 1 aromatic rings. The van der Waals surface area contributed by atoms with Crippen molar-refractivity contribution in [2.45, 2.75) is 13.0 Å². The van der Waals surface area contributed by atoms with Gasteiger partial charge in [0.15, 0.2) is 0 Å². The molecule has 0 aliphatic carbocycles. The third-order valence-corrected chi connectivity index (χ3v) is 4.88. The quantitative estimate of drug-likeness (QED) is 0.741. The van der Waals surface area contributed by atoms with Crippen molar-refractivity contribution in [2.24, 2.45) is 0 Å². The minimum absolute atomic E-state index is 0.122. The zero-order valence-corrected chi connectivity index (χ0v) is 10.9. The molecule has 0 atom stereocenters. The molecule has 0 N–H and O–H groups in total. The van der Waals surface area contributed by atoms with Crippen LogP contribution in [0.5, 0.6) is 0 Å². The Morgan fingerprint density at radius 3 is 2.80 bits per heavy atom. The van der Waals surface area contributed by atoms with E-state index in [4.69, 9.17) is 11.6 Å². The molecule has 0 fully saturated rings. The summed E-state index contributed by atoms with van der Waals surface area (Å²) >= 11 is 7.04. The Bertz CT molecular complexity index is 375. The standard InChI is InChI=1S/C9H14ClNO2S2/c1-11(7-9-3-5-14-8-9)15(12,13)6-2-4-10/h3,5,8H,2,4,6-7H2,1H3. The molecule has 0 unspecified atom stereocenters. The second kappa shape index (κ2) is 5.84. The summed E-state index contributed by atoms with van der Waals surface area (Å²) < 4.78 is 24.7. The monoisotopic (exact) mass is 267 g/mol. The molecule has 0 saturated heterocycles. The predicted octanol–water partition coefficient (Wildman–Crippen LogP) is 2.14. The van der Waals surface area contributed by atoms with Gasteiger partial charge in [0.2, 0.25) is 10.0 Å². The molecule has 0 aromatic carbocycles. The van der Waals surface area contributed by atoms with Crippen LogP contribution in [0, 0.1) is 0 Å². The number of hydrogen-bond acceptors (Lipinski definition) is 3. The van der Waals surface area contributed by atoms with Gasteiger partial charge in [0, 0.05) is 19.5 Å². The van der Waals surface area contributed by atoms with Crippen molar-refractivity contribution in [2.75, 3.05) is 18.7 Å². The van der Waals surface area contributed by atoms with Crippen molar-refractivity contribution in [3.63, 3.8) is 0 Å². The highest BCUT2D eigenvalue weighted by molar-refractivity contribution is 7.89. The molecule has 0 spiro atoms. The topological polar surface area (TPSA) is 37.4 Å². The predicted molar refractivity (Wildman–Crippen MR) is 64.9 cm³/mol. The van der Waals surface area contributed by atoms with Crippen LogP contribution in [0.4, 0.5) is 0 Å². The van der Waals surface area contributed by atoms with Gasteiger partial charge in [0.25, 0.3) is 0 Å². The van der Waals surface area contributed by atoms with Gasteiger partial charge < -0.3 is 0 Å². The Balaban J connectivity index is 2.56. The van der Waals surface area contributed by atoms with E-state index in [1.165, 1.54) is 4.31 Å². The molecule has 1 rings (SSSR count). The van der Waals surface area contributed by atoms with Crippen molar-refractivity contribution < 1.29 is 8.42 Å². The Kier molecular flexibility index (Phi) is 5.05. The molecule has 15 heavy (non-hydrogen) atoms. The highest BCUT2D eigenvalue weighted by Crippen LogP contribution is 2.11. The van der Waals surface area contributed by atoms with Gasteiger partial charge in [-0.15, -0.1) is 11.6 Å². The van der Waals surface area contributed by atoms with E-state index in [-0.39, 0.29) is 5.75 Å². The van der Waals surface area contributed by atoms with Crippen molar-refractivity contribution in [1.29, 1.82) is 0 Å². The van der Waals surface area contributed by atoms with Crippen LogP contribution in [-0.2, 0) is 16.6 Å². The van der Waals surface area contributed by atoms with Crippen LogP contribution in [0.1, 0.15) is 12.0 Å². The lowest BCUT2D eigenvalue weighted by Crippen LogP contribution is -2.28. The lowest BCUT2D eigenvalue weighted by atomic mass is 10.3. The normalized spacial score (nSPS) is 12.2. The molecule has 0 bridgehead atoms. The second-order valence-corrected chi connectivity index (χ2v) is 6.60. The van der Waals surface area contributed by atoms with E-state index < -0.39 is 10.0 Å². The Morgan fingerprint density at radius 1 is 1.53 bits per heavy atom. The SMILES string of the molecule is CN(Cc1ccsc1)S(=O)(=O)CCCCl. The van der Waals surface area contributed by atoms with Crippen molar-refractivity contribution in [3.05, 3.63) is 22.4 Å². The molecular weight excluding hydrogens is 254 g/mol. The van der Waals surface area contributed by atoms with Crippen molar-refractivity contribution >= 4 is 33.0 Å². The lowest BCUT2D eigenvalue weighted by molar-refractivity contribution is 0.466. The van der Waals surface area contributed by atoms with E-state index in [0.717, 1.165) is 5.56 Å². The zero-order valence-electron chi connectivity index (χ0n) is 8.52. The summed E-state index contributed by atoms with van der Waals surface area (Å²) in [4.78, 5) is 0. The molecule has 0 aliphatic heterocycles. The first-order valence-electron chi connectivity index (χ1n) is 4.57.